The maximum atomic E-state index is 13.0. The van der Waals surface area contributed by atoms with Crippen molar-refractivity contribution in [3.63, 3.8) is 0 Å². The molecule has 1 amide bonds. The summed E-state index contributed by atoms with van der Waals surface area (Å²) >= 11 is 22.3. The quantitative estimate of drug-likeness (QED) is 0.0175. The van der Waals surface area contributed by atoms with Gasteiger partial charge in [-0.25, -0.2) is 39.9 Å². The van der Waals surface area contributed by atoms with Crippen LogP contribution in [0.15, 0.2) is 146 Å². The van der Waals surface area contributed by atoms with Crippen LogP contribution in [0.2, 0.25) is 20.1 Å². The number of amides is 1. The van der Waals surface area contributed by atoms with Gasteiger partial charge < -0.3 is 42.1 Å². The van der Waals surface area contributed by atoms with Gasteiger partial charge in [-0.2, -0.15) is 52.7 Å². The number of benzene rings is 4. The third kappa shape index (κ3) is 21.0. The molecule has 0 bridgehead atoms. The molecule has 0 saturated heterocycles. The standard InChI is InChI=1S/C21H17ClF3N7O.C13H10ClF3N4O.C13H12ClF3N4.C13H9ClF3N3O/c1-11(30-20(33)15-6-18-17(8-26-15)29-10-32(18)2)16-7-28-19(9-27-16)31-12-3-4-14(22)13(5-12)21(23,24)25;1-7(21-22)11-5-19-12(6-18-11)20-8-2-3-10(14)9(4-8)13(15,16)17;1-7(18)11-5-20-12(6-19-11)21-8-2-3-10(14)9(4-8)13(15,16)17;1-7(21)11-5-19-12(6-18-11)20-8-2-3-10(14)9(4-8)13(15,16)17/h3-11H,1-2H3,(H,28,31)(H,30,33);2-6,22H,1H3,(H,19,20);2-7H,18H2,1H3,(H,20,21);2-6H,1H3,(H,19,20)/b;21-7+;;. The molecule has 2 unspecified atom stereocenters. The Balaban J connectivity index is 0.000000186. The normalized spacial score (nSPS) is 12.3. The van der Waals surface area contributed by atoms with Crippen LogP contribution in [-0.4, -0.2) is 77.0 Å². The molecule has 6 heterocycles. The van der Waals surface area contributed by atoms with Crippen molar-refractivity contribution in [2.24, 2.45) is 17.9 Å². The largest absolute Gasteiger partial charge is 0.417 e. The van der Waals surface area contributed by atoms with Gasteiger partial charge in [0.05, 0.1) is 127 Å². The lowest BCUT2D eigenvalue weighted by Gasteiger charge is -2.14. The van der Waals surface area contributed by atoms with Crippen molar-refractivity contribution in [3.05, 3.63) is 212 Å². The van der Waals surface area contributed by atoms with Crippen LogP contribution < -0.4 is 32.3 Å². The second kappa shape index (κ2) is 31.6. The second-order valence-corrected chi connectivity index (χ2v) is 21.8. The Labute approximate surface area is 561 Å². The summed E-state index contributed by atoms with van der Waals surface area (Å²) in [6, 6.07) is 14.7. The summed E-state index contributed by atoms with van der Waals surface area (Å²) in [7, 11) is 1.82. The zero-order chi connectivity index (χ0) is 71.3. The molecule has 10 rings (SSSR count). The summed E-state index contributed by atoms with van der Waals surface area (Å²) in [5.74, 6) is 0.363. The number of aryl methyl sites for hydroxylation is 1. The summed E-state index contributed by atoms with van der Waals surface area (Å²) in [6.07, 6.45) is -4.22. The number of nitrogens with zero attached hydrogens (tertiary/aromatic N) is 12. The lowest BCUT2D eigenvalue weighted by Crippen LogP contribution is -2.28. The first kappa shape index (κ1) is 74.3. The van der Waals surface area contributed by atoms with E-state index in [4.69, 9.17) is 57.3 Å². The first-order chi connectivity index (χ1) is 45.5. The molecule has 0 saturated carbocycles. The maximum absolute atomic E-state index is 13.0. The second-order valence-electron chi connectivity index (χ2n) is 20.1. The van der Waals surface area contributed by atoms with Gasteiger partial charge in [-0.1, -0.05) is 51.6 Å². The minimum atomic E-state index is -4.58. The number of fused-ring (bicyclic) bond motifs is 1. The van der Waals surface area contributed by atoms with Crippen LogP contribution in [0.4, 0.5) is 98.7 Å². The maximum Gasteiger partial charge on any atom is 0.417 e. The van der Waals surface area contributed by atoms with Crippen LogP contribution in [0.5, 0.6) is 0 Å². The number of imidazole rings is 1. The summed E-state index contributed by atoms with van der Waals surface area (Å²) in [5.41, 5.74) is 6.13. The average molecular weight is 1440 g/mol. The van der Waals surface area contributed by atoms with Gasteiger partial charge in [0, 0.05) is 42.8 Å². The van der Waals surface area contributed by atoms with Crippen LogP contribution in [0, 0.1) is 0 Å². The molecule has 2 atom stereocenters. The molecule has 0 aliphatic heterocycles. The van der Waals surface area contributed by atoms with Crippen molar-refractivity contribution in [3.8, 4) is 0 Å². The van der Waals surface area contributed by atoms with Gasteiger partial charge in [-0.3, -0.25) is 19.6 Å². The van der Waals surface area contributed by atoms with E-state index in [1.807, 2.05) is 7.05 Å². The van der Waals surface area contributed by atoms with Gasteiger partial charge >= 0.3 is 24.7 Å². The Morgan fingerprint density at radius 3 is 1.14 bits per heavy atom. The number of hydrogen-bond donors (Lipinski definition) is 7. The Hall–Kier alpha value is -10.1. The van der Waals surface area contributed by atoms with E-state index in [1.54, 1.807) is 30.8 Å². The molecular formula is C60H48Cl4F12N18O3. The number of Topliss-reactive ketones (excluding diaryl/α,β-unsaturated/α-hetero) is 1. The summed E-state index contributed by atoms with van der Waals surface area (Å²) in [5, 5.41) is 23.7. The van der Waals surface area contributed by atoms with E-state index in [0.29, 0.717) is 28.4 Å². The Kier molecular flexibility index (Phi) is 24.2. The van der Waals surface area contributed by atoms with Crippen LogP contribution in [0.3, 0.4) is 0 Å². The summed E-state index contributed by atoms with van der Waals surface area (Å²) in [6.45, 7) is 6.36. The van der Waals surface area contributed by atoms with E-state index in [2.05, 4.69) is 81.6 Å². The molecule has 97 heavy (non-hydrogen) atoms. The van der Waals surface area contributed by atoms with Crippen LogP contribution >= 0.6 is 46.4 Å². The highest BCUT2D eigenvalue weighted by molar-refractivity contribution is 6.32. The zero-order valence-electron chi connectivity index (χ0n) is 50.2. The zero-order valence-corrected chi connectivity index (χ0v) is 53.2. The summed E-state index contributed by atoms with van der Waals surface area (Å²) in [4.78, 5) is 64.1. The number of rotatable bonds is 14. The first-order valence-corrected chi connectivity index (χ1v) is 28.8. The van der Waals surface area contributed by atoms with Gasteiger partial charge in [-0.05, 0) is 99.6 Å². The van der Waals surface area contributed by atoms with E-state index in [-0.39, 0.29) is 84.2 Å². The molecule has 6 aromatic heterocycles. The minimum absolute atomic E-state index is 0.159. The summed E-state index contributed by atoms with van der Waals surface area (Å²) < 4.78 is 156. The molecule has 21 nitrogen and oxygen atoms in total. The van der Waals surface area contributed by atoms with Crippen molar-refractivity contribution >= 4 is 121 Å². The van der Waals surface area contributed by atoms with Gasteiger partial charge in [0.15, 0.2) is 5.78 Å². The fraction of sp³-hybridized carbons (Fsp3) is 0.183. The monoisotopic (exact) mass is 1440 g/mol. The third-order valence-corrected chi connectivity index (χ3v) is 14.1. The number of ketones is 1. The number of pyridine rings is 1. The topological polar surface area (TPSA) is 287 Å². The molecule has 4 aromatic carbocycles. The third-order valence-electron chi connectivity index (χ3n) is 12.8. The van der Waals surface area contributed by atoms with Crippen LogP contribution in [0.1, 0.15) is 100 Å². The number of carbonyl (C=O) groups excluding carboxylic acids is 2. The van der Waals surface area contributed by atoms with Crippen molar-refractivity contribution in [1.29, 1.82) is 0 Å². The predicted molar refractivity (Wildman–Crippen MR) is 338 cm³/mol. The number of nitrogens with two attached hydrogens (primary N) is 1. The van der Waals surface area contributed by atoms with Gasteiger partial charge in [0.2, 0.25) is 0 Å². The number of nitrogens with one attached hydrogen (secondary N) is 5. The van der Waals surface area contributed by atoms with Gasteiger partial charge in [-0.15, -0.1) is 0 Å². The van der Waals surface area contributed by atoms with E-state index in [9.17, 15) is 62.3 Å². The number of oxime groups is 1. The number of halogens is 16. The Morgan fingerprint density at radius 1 is 0.474 bits per heavy atom. The fourth-order valence-electron chi connectivity index (χ4n) is 7.84. The molecule has 0 aliphatic carbocycles. The fourth-order valence-corrected chi connectivity index (χ4v) is 8.74. The number of carbonyl (C=O) groups is 2. The predicted octanol–water partition coefficient (Wildman–Crippen LogP) is 16.8. The van der Waals surface area contributed by atoms with Crippen molar-refractivity contribution < 1.29 is 67.5 Å². The molecule has 10 aromatic rings. The molecule has 37 heteroatoms. The number of hydrogen-bond acceptors (Lipinski definition) is 19. The first-order valence-electron chi connectivity index (χ1n) is 27.3. The van der Waals surface area contributed by atoms with Crippen LogP contribution in [0.25, 0.3) is 11.0 Å². The molecule has 0 spiro atoms. The van der Waals surface area contributed by atoms with Gasteiger partial charge in [0.1, 0.15) is 51.6 Å². The van der Waals surface area contributed by atoms with E-state index >= 15 is 0 Å². The SMILES string of the molecule is C/C(=N\O)c1cnc(Nc2ccc(Cl)c(C(F)(F)F)c2)cn1.CC(=O)c1cnc(Nc2ccc(Cl)c(C(F)(F)F)c2)cn1.CC(N)c1cnc(Nc2ccc(Cl)c(C(F)(F)F)c2)cn1.CC(NC(=O)c1cc2c(cn1)ncn2C)c1cnc(Nc2ccc(Cl)c(C(F)(F)F)c2)cn1. The molecule has 508 valence electrons. The van der Waals surface area contributed by atoms with E-state index in [0.717, 1.165) is 48.0 Å². The molecule has 8 N–H and O–H groups in total. The van der Waals surface area contributed by atoms with Crippen molar-refractivity contribution in [2.45, 2.75) is 64.5 Å². The van der Waals surface area contributed by atoms with E-state index in [1.165, 1.54) is 100.0 Å². The van der Waals surface area contributed by atoms with Gasteiger partial charge in [0.25, 0.3) is 5.91 Å². The molecular weight excluding hydrogens is 1390 g/mol. The van der Waals surface area contributed by atoms with E-state index < -0.39 is 63.9 Å². The smallest absolute Gasteiger partial charge is 0.411 e. The highest BCUT2D eigenvalue weighted by atomic mass is 35.5. The number of alkyl halides is 12. The number of anilines is 8. The average Bonchev–Trinajstić information content (AvgIpc) is 1.77. The number of aromatic nitrogens is 11. The molecule has 0 fully saturated rings. The highest BCUT2D eigenvalue weighted by Gasteiger charge is 2.36. The van der Waals surface area contributed by atoms with Crippen molar-refractivity contribution in [1.82, 2.24) is 59.7 Å². The minimum Gasteiger partial charge on any atom is -0.411 e. The molecule has 0 radical (unpaired) electrons. The van der Waals surface area contributed by atoms with Crippen LogP contribution in [-0.2, 0) is 31.8 Å². The molecule has 0 aliphatic rings. The van der Waals surface area contributed by atoms with Crippen molar-refractivity contribution in [2.75, 3.05) is 21.3 Å². The Morgan fingerprint density at radius 2 is 0.825 bits per heavy atom. The highest BCUT2D eigenvalue weighted by Crippen LogP contribution is 2.40. The lowest BCUT2D eigenvalue weighted by atomic mass is 10.2. The Bertz CT molecular complexity index is 4420. The lowest BCUT2D eigenvalue weighted by molar-refractivity contribution is -0.138.